The highest BCUT2D eigenvalue weighted by molar-refractivity contribution is 5.91. The Morgan fingerprint density at radius 2 is 1.50 bits per heavy atom. The first-order valence-corrected chi connectivity index (χ1v) is 9.60. The maximum atomic E-state index is 13.4. The fourth-order valence-corrected chi connectivity index (χ4v) is 3.36. The van der Waals surface area contributed by atoms with E-state index in [4.69, 9.17) is 9.47 Å². The highest BCUT2D eigenvalue weighted by Crippen LogP contribution is 2.25. The smallest absolute Gasteiger partial charge is 0.328 e. The predicted molar refractivity (Wildman–Crippen MR) is 113 cm³/mol. The molecule has 30 heavy (non-hydrogen) atoms. The summed E-state index contributed by atoms with van der Waals surface area (Å²) in [6, 6.07) is 21.6. The van der Waals surface area contributed by atoms with Crippen molar-refractivity contribution in [3.8, 4) is 5.88 Å². The van der Waals surface area contributed by atoms with Gasteiger partial charge in [-0.15, -0.1) is 0 Å². The molecule has 6 nitrogen and oxygen atoms in total. The molecule has 6 heteroatoms. The summed E-state index contributed by atoms with van der Waals surface area (Å²) < 4.78 is 10.2. The minimum atomic E-state index is -0.879. The first-order chi connectivity index (χ1) is 14.6. The van der Waals surface area contributed by atoms with Crippen molar-refractivity contribution in [1.29, 1.82) is 0 Å². The molecule has 2 aromatic carbocycles. The lowest BCUT2D eigenvalue weighted by atomic mass is 9.90. The Kier molecular flexibility index (Phi) is 7.16. The van der Waals surface area contributed by atoms with Crippen LogP contribution in [-0.4, -0.2) is 37.1 Å². The largest absolute Gasteiger partial charge is 0.481 e. The number of hydrogen-bond acceptors (Lipinski definition) is 5. The van der Waals surface area contributed by atoms with Crippen LogP contribution in [0, 0.1) is 0 Å². The van der Waals surface area contributed by atoms with Gasteiger partial charge in [-0.1, -0.05) is 66.7 Å². The number of carbonyl (C=O) groups excluding carboxylic acids is 2. The van der Waals surface area contributed by atoms with E-state index in [-0.39, 0.29) is 12.3 Å². The summed E-state index contributed by atoms with van der Waals surface area (Å²) in [4.78, 5) is 30.0. The zero-order chi connectivity index (χ0) is 21.3. The second kappa shape index (κ2) is 10.2. The molecule has 1 aromatic heterocycles. The van der Waals surface area contributed by atoms with Crippen molar-refractivity contribution in [2.24, 2.45) is 0 Å². The van der Waals surface area contributed by atoms with Gasteiger partial charge >= 0.3 is 5.97 Å². The molecule has 0 fully saturated rings. The number of amides is 1. The van der Waals surface area contributed by atoms with Crippen molar-refractivity contribution in [1.82, 2.24) is 10.3 Å². The number of methoxy groups -OCH3 is 2. The number of nitrogens with zero attached hydrogens (tertiary/aromatic N) is 1. The maximum absolute atomic E-state index is 13.4. The molecule has 0 saturated heterocycles. The monoisotopic (exact) mass is 404 g/mol. The Morgan fingerprint density at radius 1 is 0.900 bits per heavy atom. The van der Waals surface area contributed by atoms with Gasteiger partial charge in [-0.25, -0.2) is 9.78 Å². The van der Waals surface area contributed by atoms with Crippen LogP contribution in [0.1, 0.15) is 22.6 Å². The van der Waals surface area contributed by atoms with Gasteiger partial charge in [0.25, 0.3) is 0 Å². The van der Waals surface area contributed by atoms with E-state index in [1.165, 1.54) is 14.2 Å². The normalized spacial score (nSPS) is 11.6. The number of hydrogen-bond donors (Lipinski definition) is 1. The van der Waals surface area contributed by atoms with Crippen LogP contribution >= 0.6 is 0 Å². The summed E-state index contributed by atoms with van der Waals surface area (Å²) in [5.74, 6) is -0.974. The standard InChI is InChI=1S/C24H24N2O4/c1-29-23-19(14-9-15-25-23)16-20(24(28)30-2)26-22(27)21(17-10-5-3-6-11-17)18-12-7-4-8-13-18/h3-15,20-21H,16H2,1-2H3,(H,26,27)/t20-/m1/s1. The number of carbonyl (C=O) groups is 2. The first-order valence-electron chi connectivity index (χ1n) is 9.60. The summed E-state index contributed by atoms with van der Waals surface area (Å²) in [5, 5.41) is 2.87. The Balaban J connectivity index is 1.90. The molecular formula is C24H24N2O4. The molecule has 0 saturated carbocycles. The number of rotatable bonds is 8. The topological polar surface area (TPSA) is 77.5 Å². The van der Waals surface area contributed by atoms with Crippen molar-refractivity contribution in [3.05, 3.63) is 95.7 Å². The quantitative estimate of drug-likeness (QED) is 0.584. The molecule has 0 bridgehead atoms. The van der Waals surface area contributed by atoms with Gasteiger partial charge in [-0.2, -0.15) is 0 Å². The zero-order valence-corrected chi connectivity index (χ0v) is 16.9. The fraction of sp³-hybridized carbons (Fsp3) is 0.208. The van der Waals surface area contributed by atoms with E-state index >= 15 is 0 Å². The lowest BCUT2D eigenvalue weighted by molar-refractivity contribution is -0.145. The molecule has 1 N–H and O–H groups in total. The van der Waals surface area contributed by atoms with Crippen LogP contribution in [-0.2, 0) is 20.7 Å². The van der Waals surface area contributed by atoms with E-state index in [2.05, 4.69) is 10.3 Å². The first kappa shape index (κ1) is 21.0. The summed E-state index contributed by atoms with van der Waals surface area (Å²) in [6.07, 6.45) is 1.81. The average molecular weight is 404 g/mol. The highest BCUT2D eigenvalue weighted by atomic mass is 16.5. The summed E-state index contributed by atoms with van der Waals surface area (Å²) in [5.41, 5.74) is 2.37. The van der Waals surface area contributed by atoms with E-state index in [1.54, 1.807) is 18.3 Å². The number of pyridine rings is 1. The van der Waals surface area contributed by atoms with Crippen LogP contribution in [0.4, 0.5) is 0 Å². The molecule has 0 aliphatic rings. The summed E-state index contributed by atoms with van der Waals surface area (Å²) in [6.45, 7) is 0. The van der Waals surface area contributed by atoms with Gasteiger partial charge in [0.2, 0.25) is 11.8 Å². The van der Waals surface area contributed by atoms with Crippen molar-refractivity contribution < 1.29 is 19.1 Å². The van der Waals surface area contributed by atoms with Crippen LogP contribution in [0.15, 0.2) is 79.0 Å². The molecule has 0 radical (unpaired) electrons. The molecule has 0 aliphatic heterocycles. The molecule has 3 rings (SSSR count). The van der Waals surface area contributed by atoms with E-state index in [1.807, 2.05) is 60.7 Å². The highest BCUT2D eigenvalue weighted by Gasteiger charge is 2.29. The fourth-order valence-electron chi connectivity index (χ4n) is 3.36. The van der Waals surface area contributed by atoms with Gasteiger partial charge in [0, 0.05) is 18.2 Å². The van der Waals surface area contributed by atoms with Gasteiger partial charge in [0.05, 0.1) is 20.1 Å². The summed E-state index contributed by atoms with van der Waals surface area (Å²) >= 11 is 0. The lowest BCUT2D eigenvalue weighted by Gasteiger charge is -2.22. The molecule has 0 spiro atoms. The zero-order valence-electron chi connectivity index (χ0n) is 16.9. The van der Waals surface area contributed by atoms with E-state index in [0.717, 1.165) is 11.1 Å². The minimum Gasteiger partial charge on any atom is -0.481 e. The Hall–Kier alpha value is -3.67. The molecule has 3 aromatic rings. The molecule has 0 aliphatic carbocycles. The predicted octanol–water partition coefficient (Wildman–Crippen LogP) is 3.12. The third-order valence-corrected chi connectivity index (χ3v) is 4.80. The molecule has 1 heterocycles. The molecule has 1 atom stereocenters. The van der Waals surface area contributed by atoms with E-state index in [9.17, 15) is 9.59 Å². The third kappa shape index (κ3) is 5.03. The third-order valence-electron chi connectivity index (χ3n) is 4.80. The van der Waals surface area contributed by atoms with Gasteiger partial charge in [0.15, 0.2) is 0 Å². The number of nitrogens with one attached hydrogen (secondary N) is 1. The number of benzene rings is 2. The van der Waals surface area contributed by atoms with Gasteiger partial charge in [-0.3, -0.25) is 4.79 Å². The second-order valence-corrected chi connectivity index (χ2v) is 6.71. The molecule has 154 valence electrons. The van der Waals surface area contributed by atoms with Crippen LogP contribution in [0.3, 0.4) is 0 Å². The van der Waals surface area contributed by atoms with Crippen LogP contribution in [0.2, 0.25) is 0 Å². The molecule has 1 amide bonds. The number of ether oxygens (including phenoxy) is 2. The Bertz CT molecular complexity index is 937. The molecule has 0 unspecified atom stereocenters. The SMILES string of the molecule is COC(=O)[C@@H](Cc1cccnc1OC)NC(=O)C(c1ccccc1)c1ccccc1. The van der Waals surface area contributed by atoms with Crippen molar-refractivity contribution in [3.63, 3.8) is 0 Å². The molecular weight excluding hydrogens is 380 g/mol. The number of esters is 1. The van der Waals surface area contributed by atoms with Gasteiger partial charge < -0.3 is 14.8 Å². The van der Waals surface area contributed by atoms with Crippen LogP contribution < -0.4 is 10.1 Å². The van der Waals surface area contributed by atoms with Crippen molar-refractivity contribution in [2.75, 3.05) is 14.2 Å². The average Bonchev–Trinajstić information content (AvgIpc) is 2.80. The van der Waals surface area contributed by atoms with E-state index in [0.29, 0.717) is 11.4 Å². The van der Waals surface area contributed by atoms with Gasteiger partial charge in [-0.05, 0) is 17.2 Å². The van der Waals surface area contributed by atoms with E-state index < -0.39 is 17.9 Å². The minimum absolute atomic E-state index is 0.200. The second-order valence-electron chi connectivity index (χ2n) is 6.71. The maximum Gasteiger partial charge on any atom is 0.328 e. The van der Waals surface area contributed by atoms with Crippen LogP contribution in [0.5, 0.6) is 5.88 Å². The number of aromatic nitrogens is 1. The van der Waals surface area contributed by atoms with Crippen molar-refractivity contribution >= 4 is 11.9 Å². The Morgan fingerprint density at radius 3 is 2.03 bits per heavy atom. The Labute approximate surface area is 175 Å². The lowest BCUT2D eigenvalue weighted by Crippen LogP contribution is -2.45. The van der Waals surface area contributed by atoms with Crippen molar-refractivity contribution in [2.45, 2.75) is 18.4 Å². The van der Waals surface area contributed by atoms with Crippen LogP contribution in [0.25, 0.3) is 0 Å². The van der Waals surface area contributed by atoms with Gasteiger partial charge in [0.1, 0.15) is 6.04 Å². The summed E-state index contributed by atoms with van der Waals surface area (Å²) in [7, 11) is 2.81.